The van der Waals surface area contributed by atoms with Crippen LogP contribution in [0.15, 0.2) is 0 Å². The summed E-state index contributed by atoms with van der Waals surface area (Å²) in [6.07, 6.45) is 2.48. The standard InChI is InChI=1S/C11H21N3/c1-9(2)7-14(3)8-11(6-12)13-10-4-5-10/h9-11,13H,4-5,7-8H2,1-3H3. The summed E-state index contributed by atoms with van der Waals surface area (Å²) in [7, 11) is 2.08. The van der Waals surface area contributed by atoms with E-state index in [4.69, 9.17) is 5.26 Å². The van der Waals surface area contributed by atoms with E-state index in [2.05, 4.69) is 37.2 Å². The van der Waals surface area contributed by atoms with E-state index < -0.39 is 0 Å². The molecule has 14 heavy (non-hydrogen) atoms. The van der Waals surface area contributed by atoms with Crippen molar-refractivity contribution in [2.75, 3.05) is 20.1 Å². The van der Waals surface area contributed by atoms with E-state index in [-0.39, 0.29) is 6.04 Å². The van der Waals surface area contributed by atoms with E-state index in [1.54, 1.807) is 0 Å². The lowest BCUT2D eigenvalue weighted by atomic mass is 10.2. The topological polar surface area (TPSA) is 39.1 Å². The molecule has 0 aromatic carbocycles. The molecule has 1 N–H and O–H groups in total. The summed E-state index contributed by atoms with van der Waals surface area (Å²) in [6, 6.07) is 2.95. The van der Waals surface area contributed by atoms with Crippen LogP contribution in [0, 0.1) is 17.2 Å². The minimum Gasteiger partial charge on any atom is -0.303 e. The number of hydrogen-bond acceptors (Lipinski definition) is 3. The molecule has 1 fully saturated rings. The van der Waals surface area contributed by atoms with Crippen molar-refractivity contribution in [2.45, 2.75) is 38.8 Å². The van der Waals surface area contributed by atoms with Gasteiger partial charge in [0, 0.05) is 19.1 Å². The van der Waals surface area contributed by atoms with Crippen LogP contribution in [0.4, 0.5) is 0 Å². The van der Waals surface area contributed by atoms with E-state index in [1.165, 1.54) is 12.8 Å². The van der Waals surface area contributed by atoms with E-state index in [0.29, 0.717) is 12.0 Å². The average molecular weight is 195 g/mol. The van der Waals surface area contributed by atoms with Crippen LogP contribution in [0.1, 0.15) is 26.7 Å². The number of nitrogens with one attached hydrogen (secondary N) is 1. The molecule has 1 saturated carbocycles. The molecule has 80 valence electrons. The predicted molar refractivity (Wildman–Crippen MR) is 57.9 cm³/mol. The first-order valence-corrected chi connectivity index (χ1v) is 5.46. The molecule has 0 spiro atoms. The molecule has 3 heteroatoms. The van der Waals surface area contributed by atoms with E-state index in [1.807, 2.05) is 0 Å². The first-order chi connectivity index (χ1) is 6.61. The first-order valence-electron chi connectivity index (χ1n) is 5.46. The van der Waals surface area contributed by atoms with Gasteiger partial charge in [-0.05, 0) is 25.8 Å². The lowest BCUT2D eigenvalue weighted by molar-refractivity contribution is 0.277. The summed E-state index contributed by atoms with van der Waals surface area (Å²) >= 11 is 0. The molecule has 1 rings (SSSR count). The van der Waals surface area contributed by atoms with Gasteiger partial charge in [0.25, 0.3) is 0 Å². The molecule has 0 aromatic heterocycles. The Hall–Kier alpha value is -0.590. The summed E-state index contributed by atoms with van der Waals surface area (Å²) in [5.74, 6) is 0.667. The summed E-state index contributed by atoms with van der Waals surface area (Å²) in [5.41, 5.74) is 0. The zero-order valence-electron chi connectivity index (χ0n) is 9.45. The van der Waals surface area contributed by atoms with Crippen molar-refractivity contribution in [2.24, 2.45) is 5.92 Å². The van der Waals surface area contributed by atoms with Crippen molar-refractivity contribution in [1.82, 2.24) is 10.2 Å². The SMILES string of the molecule is CC(C)CN(C)CC(C#N)NC1CC1. The number of rotatable bonds is 6. The zero-order valence-corrected chi connectivity index (χ0v) is 9.45. The molecule has 1 aliphatic carbocycles. The quantitative estimate of drug-likeness (QED) is 0.692. The molecule has 0 amide bonds. The fourth-order valence-corrected chi connectivity index (χ4v) is 1.67. The fraction of sp³-hybridized carbons (Fsp3) is 0.909. The third-order valence-electron chi connectivity index (χ3n) is 2.34. The van der Waals surface area contributed by atoms with Crippen LogP contribution in [0.2, 0.25) is 0 Å². The summed E-state index contributed by atoms with van der Waals surface area (Å²) in [4.78, 5) is 2.23. The van der Waals surface area contributed by atoms with Gasteiger partial charge in [-0.25, -0.2) is 0 Å². The number of nitriles is 1. The van der Waals surface area contributed by atoms with Gasteiger partial charge in [-0.15, -0.1) is 0 Å². The lowest BCUT2D eigenvalue weighted by Gasteiger charge is -2.22. The van der Waals surface area contributed by atoms with E-state index in [9.17, 15) is 0 Å². The van der Waals surface area contributed by atoms with Gasteiger partial charge < -0.3 is 4.90 Å². The summed E-state index contributed by atoms with van der Waals surface area (Å²) in [5, 5.41) is 12.3. The van der Waals surface area contributed by atoms with Crippen LogP contribution in [0.25, 0.3) is 0 Å². The van der Waals surface area contributed by atoms with Gasteiger partial charge in [-0.2, -0.15) is 5.26 Å². The second-order valence-electron chi connectivity index (χ2n) is 4.74. The Morgan fingerprint density at radius 1 is 1.43 bits per heavy atom. The van der Waals surface area contributed by atoms with Crippen LogP contribution in [0.3, 0.4) is 0 Å². The summed E-state index contributed by atoms with van der Waals surface area (Å²) < 4.78 is 0. The third kappa shape index (κ3) is 4.59. The molecule has 0 radical (unpaired) electrons. The summed E-state index contributed by atoms with van der Waals surface area (Å²) in [6.45, 7) is 6.30. The zero-order chi connectivity index (χ0) is 10.6. The fourth-order valence-electron chi connectivity index (χ4n) is 1.67. The Morgan fingerprint density at radius 2 is 2.07 bits per heavy atom. The van der Waals surface area contributed by atoms with Gasteiger partial charge in [0.05, 0.1) is 6.07 Å². The highest BCUT2D eigenvalue weighted by Crippen LogP contribution is 2.19. The minimum atomic E-state index is 0.00579. The monoisotopic (exact) mass is 195 g/mol. The second-order valence-corrected chi connectivity index (χ2v) is 4.74. The maximum Gasteiger partial charge on any atom is 0.108 e. The molecule has 0 bridgehead atoms. The maximum absolute atomic E-state index is 8.95. The van der Waals surface area contributed by atoms with Crippen molar-refractivity contribution in [1.29, 1.82) is 5.26 Å². The van der Waals surface area contributed by atoms with Gasteiger partial charge in [0.1, 0.15) is 6.04 Å². The maximum atomic E-state index is 8.95. The Labute approximate surface area is 87.1 Å². The Balaban J connectivity index is 2.21. The highest BCUT2D eigenvalue weighted by Gasteiger charge is 2.24. The second kappa shape index (κ2) is 5.33. The van der Waals surface area contributed by atoms with Crippen LogP contribution < -0.4 is 5.32 Å². The van der Waals surface area contributed by atoms with Gasteiger partial charge in [-0.3, -0.25) is 5.32 Å². The molecule has 0 aliphatic heterocycles. The van der Waals surface area contributed by atoms with E-state index in [0.717, 1.165) is 13.1 Å². The number of likely N-dealkylation sites (N-methyl/N-ethyl adjacent to an activating group) is 1. The highest BCUT2D eigenvalue weighted by atomic mass is 15.1. The normalized spacial score (nSPS) is 18.6. The van der Waals surface area contributed by atoms with Crippen molar-refractivity contribution in [3.63, 3.8) is 0 Å². The molecule has 0 aromatic rings. The first kappa shape index (κ1) is 11.5. The lowest BCUT2D eigenvalue weighted by Crippen LogP contribution is -2.40. The number of nitrogens with zero attached hydrogens (tertiary/aromatic N) is 2. The molecule has 0 heterocycles. The average Bonchev–Trinajstić information content (AvgIpc) is 2.85. The van der Waals surface area contributed by atoms with Gasteiger partial charge in [0.15, 0.2) is 0 Å². The van der Waals surface area contributed by atoms with Crippen LogP contribution >= 0.6 is 0 Å². The molecule has 3 nitrogen and oxygen atoms in total. The van der Waals surface area contributed by atoms with E-state index >= 15 is 0 Å². The predicted octanol–water partition coefficient (Wildman–Crippen LogP) is 1.22. The molecular formula is C11H21N3. The van der Waals surface area contributed by atoms with Crippen LogP contribution in [-0.2, 0) is 0 Å². The largest absolute Gasteiger partial charge is 0.303 e. The smallest absolute Gasteiger partial charge is 0.108 e. The molecule has 1 unspecified atom stereocenters. The Kier molecular flexibility index (Phi) is 4.37. The van der Waals surface area contributed by atoms with Crippen molar-refractivity contribution >= 4 is 0 Å². The number of hydrogen-bond donors (Lipinski definition) is 1. The third-order valence-corrected chi connectivity index (χ3v) is 2.34. The Bertz CT molecular complexity index is 203. The molecule has 0 saturated heterocycles. The van der Waals surface area contributed by atoms with Gasteiger partial charge >= 0.3 is 0 Å². The van der Waals surface area contributed by atoms with Gasteiger partial charge in [-0.1, -0.05) is 13.8 Å². The molecule has 1 atom stereocenters. The highest BCUT2D eigenvalue weighted by molar-refractivity contribution is 4.97. The molecular weight excluding hydrogens is 174 g/mol. The van der Waals surface area contributed by atoms with Crippen molar-refractivity contribution < 1.29 is 0 Å². The van der Waals surface area contributed by atoms with Gasteiger partial charge in [0.2, 0.25) is 0 Å². The van der Waals surface area contributed by atoms with Crippen LogP contribution in [0.5, 0.6) is 0 Å². The van der Waals surface area contributed by atoms with Crippen molar-refractivity contribution in [3.8, 4) is 6.07 Å². The Morgan fingerprint density at radius 3 is 2.50 bits per heavy atom. The van der Waals surface area contributed by atoms with Crippen molar-refractivity contribution in [3.05, 3.63) is 0 Å². The minimum absolute atomic E-state index is 0.00579. The van der Waals surface area contributed by atoms with Crippen LogP contribution in [-0.4, -0.2) is 37.1 Å². The molecule has 1 aliphatic rings.